The van der Waals surface area contributed by atoms with Crippen molar-refractivity contribution in [2.24, 2.45) is 0 Å². The van der Waals surface area contributed by atoms with E-state index in [1.165, 1.54) is 0 Å². The van der Waals surface area contributed by atoms with Crippen LogP contribution in [0.4, 0.5) is 0 Å². The number of hydrogen-bond acceptors (Lipinski definition) is 4. The Morgan fingerprint density at radius 3 is 2.71 bits per heavy atom. The van der Waals surface area contributed by atoms with E-state index in [-0.39, 0.29) is 5.60 Å². The van der Waals surface area contributed by atoms with Gasteiger partial charge in [0.05, 0.1) is 24.4 Å². The number of aliphatic hydroxyl groups is 1. The topological polar surface area (TPSA) is 41.9 Å². The lowest BCUT2D eigenvalue weighted by atomic mass is 10.2. The molecule has 0 aromatic carbocycles. The summed E-state index contributed by atoms with van der Waals surface area (Å²) in [7, 11) is 2.02. The fourth-order valence-corrected chi connectivity index (χ4v) is 1.97. The highest BCUT2D eigenvalue weighted by molar-refractivity contribution is 4.71. The van der Waals surface area contributed by atoms with Gasteiger partial charge in [0.15, 0.2) is 0 Å². The largest absolute Gasteiger partial charge is 0.389 e. The van der Waals surface area contributed by atoms with Crippen LogP contribution in [0.1, 0.15) is 33.6 Å². The van der Waals surface area contributed by atoms with E-state index in [2.05, 4.69) is 4.90 Å². The van der Waals surface area contributed by atoms with Crippen LogP contribution in [0, 0.1) is 0 Å². The highest BCUT2D eigenvalue weighted by Gasteiger charge is 2.19. The first kappa shape index (κ1) is 14.9. The molecule has 2 atom stereocenters. The minimum absolute atomic E-state index is 0.186. The molecule has 1 heterocycles. The molecule has 2 unspecified atom stereocenters. The molecule has 0 aliphatic carbocycles. The Morgan fingerprint density at radius 1 is 1.47 bits per heavy atom. The Kier molecular flexibility index (Phi) is 5.86. The van der Waals surface area contributed by atoms with Gasteiger partial charge in [-0.05, 0) is 40.7 Å². The second-order valence-electron chi connectivity index (χ2n) is 5.93. The minimum atomic E-state index is -0.430. The van der Waals surface area contributed by atoms with Gasteiger partial charge in [-0.25, -0.2) is 0 Å². The lowest BCUT2D eigenvalue weighted by Gasteiger charge is -2.26. The highest BCUT2D eigenvalue weighted by Crippen LogP contribution is 2.13. The van der Waals surface area contributed by atoms with Crippen LogP contribution in [0.15, 0.2) is 0 Å². The third-order valence-electron chi connectivity index (χ3n) is 2.77. The number of nitrogens with zero attached hydrogens (tertiary/aromatic N) is 1. The summed E-state index contributed by atoms with van der Waals surface area (Å²) in [6, 6.07) is 0. The van der Waals surface area contributed by atoms with E-state index in [1.54, 1.807) is 0 Å². The van der Waals surface area contributed by atoms with Gasteiger partial charge in [-0.1, -0.05) is 0 Å². The summed E-state index contributed by atoms with van der Waals surface area (Å²) < 4.78 is 11.1. The molecule has 1 saturated heterocycles. The van der Waals surface area contributed by atoms with E-state index >= 15 is 0 Å². The Bertz CT molecular complexity index is 209. The van der Waals surface area contributed by atoms with Crippen molar-refractivity contribution in [2.75, 3.05) is 33.4 Å². The second-order valence-corrected chi connectivity index (χ2v) is 5.93. The molecule has 1 aliphatic heterocycles. The van der Waals surface area contributed by atoms with Crippen LogP contribution < -0.4 is 0 Å². The van der Waals surface area contributed by atoms with Gasteiger partial charge in [-0.3, -0.25) is 0 Å². The minimum Gasteiger partial charge on any atom is -0.389 e. The zero-order valence-electron chi connectivity index (χ0n) is 11.6. The highest BCUT2D eigenvalue weighted by atomic mass is 16.5. The van der Waals surface area contributed by atoms with Crippen molar-refractivity contribution in [3.05, 3.63) is 0 Å². The van der Waals surface area contributed by atoms with Crippen LogP contribution in [-0.4, -0.2) is 61.2 Å². The lowest BCUT2D eigenvalue weighted by molar-refractivity contribution is -0.0567. The zero-order valence-corrected chi connectivity index (χ0v) is 11.6. The van der Waals surface area contributed by atoms with Gasteiger partial charge in [0, 0.05) is 19.7 Å². The maximum Gasteiger partial charge on any atom is 0.0900 e. The van der Waals surface area contributed by atoms with Gasteiger partial charge in [0.25, 0.3) is 0 Å². The van der Waals surface area contributed by atoms with Crippen molar-refractivity contribution >= 4 is 0 Å². The third-order valence-corrected chi connectivity index (χ3v) is 2.77. The molecule has 0 bridgehead atoms. The normalized spacial score (nSPS) is 23.3. The monoisotopic (exact) mass is 245 g/mol. The smallest absolute Gasteiger partial charge is 0.0900 e. The Hall–Kier alpha value is -0.160. The van der Waals surface area contributed by atoms with Crippen molar-refractivity contribution in [3.63, 3.8) is 0 Å². The van der Waals surface area contributed by atoms with Crippen molar-refractivity contribution < 1.29 is 14.6 Å². The van der Waals surface area contributed by atoms with Gasteiger partial charge >= 0.3 is 0 Å². The van der Waals surface area contributed by atoms with Crippen molar-refractivity contribution in [2.45, 2.75) is 51.4 Å². The molecular weight excluding hydrogens is 218 g/mol. The third kappa shape index (κ3) is 6.99. The molecule has 17 heavy (non-hydrogen) atoms. The van der Waals surface area contributed by atoms with Crippen LogP contribution in [-0.2, 0) is 9.47 Å². The van der Waals surface area contributed by atoms with E-state index in [9.17, 15) is 5.11 Å². The van der Waals surface area contributed by atoms with Crippen LogP contribution in [0.3, 0.4) is 0 Å². The van der Waals surface area contributed by atoms with Crippen LogP contribution in [0.25, 0.3) is 0 Å². The molecule has 0 radical (unpaired) electrons. The molecule has 4 nitrogen and oxygen atoms in total. The molecule has 0 spiro atoms. The van der Waals surface area contributed by atoms with Gasteiger partial charge in [0.1, 0.15) is 0 Å². The fraction of sp³-hybridized carbons (Fsp3) is 1.00. The molecule has 0 aromatic rings. The van der Waals surface area contributed by atoms with Crippen LogP contribution in [0.5, 0.6) is 0 Å². The SMILES string of the molecule is CN(CC(O)COC(C)(C)C)CC1CCCO1. The van der Waals surface area contributed by atoms with Crippen LogP contribution in [0.2, 0.25) is 0 Å². The number of ether oxygens (including phenoxy) is 2. The van der Waals surface area contributed by atoms with E-state index in [0.717, 1.165) is 26.0 Å². The van der Waals surface area contributed by atoms with E-state index < -0.39 is 6.10 Å². The number of likely N-dealkylation sites (N-methyl/N-ethyl adjacent to an activating group) is 1. The average molecular weight is 245 g/mol. The molecule has 0 amide bonds. The van der Waals surface area contributed by atoms with Crippen molar-refractivity contribution in [1.82, 2.24) is 4.90 Å². The average Bonchev–Trinajstić information content (AvgIpc) is 2.66. The van der Waals surface area contributed by atoms with Gasteiger partial charge < -0.3 is 19.5 Å². The molecule has 1 aliphatic rings. The molecule has 1 fully saturated rings. The standard InChI is InChI=1S/C13H27NO3/c1-13(2,3)17-10-11(15)8-14(4)9-12-6-5-7-16-12/h11-12,15H,5-10H2,1-4H3. The molecule has 0 aromatic heterocycles. The Labute approximate surface area is 105 Å². The summed E-state index contributed by atoms with van der Waals surface area (Å²) in [5.41, 5.74) is -0.186. The quantitative estimate of drug-likeness (QED) is 0.765. The summed E-state index contributed by atoms with van der Waals surface area (Å²) in [6.45, 7) is 8.79. The van der Waals surface area contributed by atoms with E-state index in [1.807, 2.05) is 27.8 Å². The maximum absolute atomic E-state index is 9.85. The predicted octanol–water partition coefficient (Wildman–Crippen LogP) is 1.27. The molecule has 4 heteroatoms. The van der Waals surface area contributed by atoms with Gasteiger partial charge in [-0.15, -0.1) is 0 Å². The van der Waals surface area contributed by atoms with Crippen LogP contribution >= 0.6 is 0 Å². The molecule has 1 rings (SSSR count). The van der Waals surface area contributed by atoms with Gasteiger partial charge in [0.2, 0.25) is 0 Å². The summed E-state index contributed by atoms with van der Waals surface area (Å²) >= 11 is 0. The summed E-state index contributed by atoms with van der Waals surface area (Å²) in [5.74, 6) is 0. The van der Waals surface area contributed by atoms with E-state index in [4.69, 9.17) is 9.47 Å². The van der Waals surface area contributed by atoms with Gasteiger partial charge in [-0.2, -0.15) is 0 Å². The summed E-state index contributed by atoms with van der Waals surface area (Å²) in [5, 5.41) is 9.85. The molecule has 0 saturated carbocycles. The van der Waals surface area contributed by atoms with Crippen molar-refractivity contribution in [1.29, 1.82) is 0 Å². The van der Waals surface area contributed by atoms with Crippen molar-refractivity contribution in [3.8, 4) is 0 Å². The summed E-state index contributed by atoms with van der Waals surface area (Å²) in [4.78, 5) is 2.12. The number of rotatable bonds is 6. The molecule has 1 N–H and O–H groups in total. The Morgan fingerprint density at radius 2 is 2.18 bits per heavy atom. The maximum atomic E-state index is 9.85. The first-order chi connectivity index (χ1) is 7.87. The molecular formula is C13H27NO3. The first-order valence-corrected chi connectivity index (χ1v) is 6.49. The Balaban J connectivity index is 2.14. The lowest BCUT2D eigenvalue weighted by Crippen LogP contribution is -2.38. The number of hydrogen-bond donors (Lipinski definition) is 1. The molecule has 102 valence electrons. The first-order valence-electron chi connectivity index (χ1n) is 6.49. The zero-order chi connectivity index (χ0) is 12.9. The summed E-state index contributed by atoms with van der Waals surface area (Å²) in [6.07, 6.45) is 2.21. The number of aliphatic hydroxyl groups excluding tert-OH is 1. The predicted molar refractivity (Wildman–Crippen MR) is 68.2 cm³/mol. The fourth-order valence-electron chi connectivity index (χ4n) is 1.97. The second kappa shape index (κ2) is 6.69. The van der Waals surface area contributed by atoms with E-state index in [0.29, 0.717) is 19.3 Å².